The first-order valence-corrected chi connectivity index (χ1v) is 6.65. The lowest BCUT2D eigenvalue weighted by atomic mass is 10.2. The third kappa shape index (κ3) is 1.95. The Labute approximate surface area is 95.5 Å². The minimum Gasteiger partial charge on any atom is -0.267 e. The van der Waals surface area contributed by atoms with Crippen LogP contribution in [0.3, 0.4) is 0 Å². The third-order valence-corrected chi connectivity index (χ3v) is 3.67. The molecule has 0 unspecified atom stereocenters. The van der Waals surface area contributed by atoms with E-state index in [4.69, 9.17) is 0 Å². The van der Waals surface area contributed by atoms with E-state index >= 15 is 0 Å². The predicted octanol–water partition coefficient (Wildman–Crippen LogP) is 1.38. The number of hydrogen-bond acceptors (Lipinski definition) is 3. The normalized spacial score (nSPS) is 19.8. The van der Waals surface area contributed by atoms with Crippen LogP contribution in [0.15, 0.2) is 34.2 Å². The van der Waals surface area contributed by atoms with Crippen molar-refractivity contribution in [2.75, 3.05) is 6.54 Å². The largest absolute Gasteiger partial charge is 0.267 e. The lowest BCUT2D eigenvalue weighted by Crippen LogP contribution is -2.22. The molecule has 0 aliphatic carbocycles. The fourth-order valence-corrected chi connectivity index (χ4v) is 2.78. The SMILES string of the molecule is CC(C)CN=C1NS(=O)(=O)c2ccccc21. The zero-order valence-corrected chi connectivity index (χ0v) is 10.1. The number of rotatable bonds is 2. The van der Waals surface area contributed by atoms with Crippen LogP contribution in [0.4, 0.5) is 0 Å². The van der Waals surface area contributed by atoms with Gasteiger partial charge in [0, 0.05) is 12.1 Å². The van der Waals surface area contributed by atoms with Crippen molar-refractivity contribution in [2.24, 2.45) is 10.9 Å². The first kappa shape index (κ1) is 11.1. The van der Waals surface area contributed by atoms with Gasteiger partial charge in [-0.05, 0) is 18.1 Å². The number of aliphatic imine (C=N–C) groups is 1. The van der Waals surface area contributed by atoms with E-state index in [-0.39, 0.29) is 0 Å². The molecule has 0 saturated carbocycles. The monoisotopic (exact) mass is 238 g/mol. The summed E-state index contributed by atoms with van der Waals surface area (Å²) in [6.45, 7) is 4.70. The van der Waals surface area contributed by atoms with Crippen LogP contribution in [0.5, 0.6) is 0 Å². The summed E-state index contributed by atoms with van der Waals surface area (Å²) in [6.07, 6.45) is 0. The topological polar surface area (TPSA) is 58.5 Å². The highest BCUT2D eigenvalue weighted by molar-refractivity contribution is 7.90. The van der Waals surface area contributed by atoms with Gasteiger partial charge in [0.25, 0.3) is 10.0 Å². The van der Waals surface area contributed by atoms with E-state index in [9.17, 15) is 8.42 Å². The predicted molar refractivity (Wildman–Crippen MR) is 63.0 cm³/mol. The van der Waals surface area contributed by atoms with Crippen molar-refractivity contribution in [3.8, 4) is 0 Å². The van der Waals surface area contributed by atoms with E-state index < -0.39 is 10.0 Å². The number of nitrogens with one attached hydrogen (secondary N) is 1. The Morgan fingerprint density at radius 3 is 2.69 bits per heavy atom. The summed E-state index contributed by atoms with van der Waals surface area (Å²) in [5, 5.41) is 0. The Morgan fingerprint density at radius 2 is 2.00 bits per heavy atom. The van der Waals surface area contributed by atoms with Gasteiger partial charge in [-0.15, -0.1) is 0 Å². The van der Waals surface area contributed by atoms with Gasteiger partial charge in [-0.25, -0.2) is 8.42 Å². The molecular weight excluding hydrogens is 224 g/mol. The summed E-state index contributed by atoms with van der Waals surface area (Å²) < 4.78 is 25.9. The summed E-state index contributed by atoms with van der Waals surface area (Å²) in [5.74, 6) is 0.870. The molecular formula is C11H14N2O2S. The highest BCUT2D eigenvalue weighted by atomic mass is 32.2. The van der Waals surface area contributed by atoms with Crippen molar-refractivity contribution >= 4 is 15.9 Å². The van der Waals surface area contributed by atoms with E-state index in [0.29, 0.717) is 28.8 Å². The number of amidine groups is 1. The Kier molecular flexibility index (Phi) is 2.71. The lowest BCUT2D eigenvalue weighted by Gasteiger charge is -2.01. The van der Waals surface area contributed by atoms with Crippen LogP contribution in [0, 0.1) is 5.92 Å². The first-order valence-electron chi connectivity index (χ1n) is 5.17. The highest BCUT2D eigenvalue weighted by Gasteiger charge is 2.29. The van der Waals surface area contributed by atoms with Crippen LogP contribution in [0.25, 0.3) is 0 Å². The molecule has 1 aliphatic rings. The van der Waals surface area contributed by atoms with Crippen molar-refractivity contribution in [1.82, 2.24) is 4.72 Å². The van der Waals surface area contributed by atoms with Crippen LogP contribution in [-0.2, 0) is 10.0 Å². The van der Waals surface area contributed by atoms with Crippen molar-refractivity contribution in [3.05, 3.63) is 29.8 Å². The molecule has 0 aromatic heterocycles. The van der Waals surface area contributed by atoms with Crippen LogP contribution in [-0.4, -0.2) is 20.8 Å². The van der Waals surface area contributed by atoms with Crippen LogP contribution >= 0.6 is 0 Å². The first-order chi connectivity index (χ1) is 7.50. The quantitative estimate of drug-likeness (QED) is 0.846. The van der Waals surface area contributed by atoms with Crippen molar-refractivity contribution in [2.45, 2.75) is 18.7 Å². The van der Waals surface area contributed by atoms with Crippen LogP contribution in [0.1, 0.15) is 19.4 Å². The fraction of sp³-hybridized carbons (Fsp3) is 0.364. The molecule has 1 heterocycles. The molecule has 4 nitrogen and oxygen atoms in total. The fourth-order valence-electron chi connectivity index (χ4n) is 1.53. The molecule has 0 saturated heterocycles. The lowest BCUT2D eigenvalue weighted by molar-refractivity contribution is 0.594. The van der Waals surface area contributed by atoms with Gasteiger partial charge in [-0.2, -0.15) is 0 Å². The second-order valence-corrected chi connectivity index (χ2v) is 5.84. The molecule has 2 rings (SSSR count). The third-order valence-electron chi connectivity index (χ3n) is 2.28. The average molecular weight is 238 g/mol. The van der Waals surface area contributed by atoms with Crippen molar-refractivity contribution in [1.29, 1.82) is 0 Å². The number of nitrogens with zero attached hydrogens (tertiary/aromatic N) is 1. The maximum Gasteiger partial charge on any atom is 0.263 e. The highest BCUT2D eigenvalue weighted by Crippen LogP contribution is 2.22. The van der Waals surface area contributed by atoms with Gasteiger partial charge in [-0.3, -0.25) is 9.71 Å². The summed E-state index contributed by atoms with van der Waals surface area (Å²) in [4.78, 5) is 4.60. The zero-order valence-electron chi connectivity index (χ0n) is 9.27. The Bertz CT molecular complexity index is 533. The Hall–Kier alpha value is -1.36. The molecule has 0 radical (unpaired) electrons. The maximum absolute atomic E-state index is 11.7. The van der Waals surface area contributed by atoms with E-state index in [1.807, 2.05) is 19.9 Å². The number of hydrogen-bond donors (Lipinski definition) is 1. The molecule has 0 amide bonds. The summed E-state index contributed by atoms with van der Waals surface area (Å²) in [7, 11) is -3.38. The number of benzene rings is 1. The molecule has 1 aromatic carbocycles. The molecule has 0 fully saturated rings. The Balaban J connectivity index is 2.45. The van der Waals surface area contributed by atoms with Gasteiger partial charge in [0.15, 0.2) is 0 Å². The van der Waals surface area contributed by atoms with Gasteiger partial charge in [0.2, 0.25) is 0 Å². The summed E-state index contributed by atoms with van der Waals surface area (Å²) in [5.41, 5.74) is 0.670. The molecule has 1 aromatic rings. The molecule has 5 heteroatoms. The summed E-state index contributed by atoms with van der Waals surface area (Å²) in [6, 6.07) is 6.89. The van der Waals surface area contributed by atoms with E-state index in [1.165, 1.54) is 0 Å². The van der Waals surface area contributed by atoms with E-state index in [1.54, 1.807) is 18.2 Å². The molecule has 0 atom stereocenters. The van der Waals surface area contributed by atoms with E-state index in [0.717, 1.165) is 0 Å². The van der Waals surface area contributed by atoms with Crippen molar-refractivity contribution in [3.63, 3.8) is 0 Å². The van der Waals surface area contributed by atoms with Gasteiger partial charge in [0.05, 0.1) is 4.90 Å². The van der Waals surface area contributed by atoms with E-state index in [2.05, 4.69) is 9.71 Å². The molecule has 16 heavy (non-hydrogen) atoms. The van der Waals surface area contributed by atoms with Crippen molar-refractivity contribution < 1.29 is 8.42 Å². The molecule has 0 spiro atoms. The number of fused-ring (bicyclic) bond motifs is 1. The Morgan fingerprint density at radius 1 is 1.31 bits per heavy atom. The molecule has 0 bridgehead atoms. The van der Waals surface area contributed by atoms with Gasteiger partial charge < -0.3 is 0 Å². The minimum absolute atomic E-state index is 0.317. The van der Waals surface area contributed by atoms with Gasteiger partial charge >= 0.3 is 0 Å². The van der Waals surface area contributed by atoms with Gasteiger partial charge in [0.1, 0.15) is 5.84 Å². The molecule has 1 N–H and O–H groups in total. The molecule has 1 aliphatic heterocycles. The zero-order chi connectivity index (χ0) is 11.8. The smallest absolute Gasteiger partial charge is 0.263 e. The van der Waals surface area contributed by atoms with Crippen LogP contribution < -0.4 is 4.72 Å². The van der Waals surface area contributed by atoms with Crippen LogP contribution in [0.2, 0.25) is 0 Å². The second-order valence-electron chi connectivity index (χ2n) is 4.18. The van der Waals surface area contributed by atoms with Gasteiger partial charge in [-0.1, -0.05) is 26.0 Å². The molecule has 86 valence electrons. The minimum atomic E-state index is -3.38. The maximum atomic E-state index is 11.7. The second kappa shape index (κ2) is 3.90. The number of sulfonamides is 1. The standard InChI is InChI=1S/C11H14N2O2S/c1-8(2)7-12-11-9-5-3-4-6-10(9)16(14,15)13-11/h3-6,8H,7H2,1-2H3,(H,12,13). The average Bonchev–Trinajstić information content (AvgIpc) is 2.49. The summed E-state index contributed by atoms with van der Waals surface area (Å²) >= 11 is 0.